The third kappa shape index (κ3) is 5.16. The van der Waals surface area contributed by atoms with E-state index in [4.69, 9.17) is 9.47 Å². The van der Waals surface area contributed by atoms with E-state index in [0.717, 1.165) is 49.0 Å². The summed E-state index contributed by atoms with van der Waals surface area (Å²) in [6, 6.07) is 11.2. The topological polar surface area (TPSA) is 59.0 Å². The van der Waals surface area contributed by atoms with Crippen LogP contribution in [0.2, 0.25) is 0 Å². The molecule has 1 fully saturated rings. The fraction of sp³-hybridized carbons (Fsp3) is 0.316. The molecule has 1 aromatic heterocycles. The van der Waals surface area contributed by atoms with Gasteiger partial charge in [0.05, 0.1) is 18.8 Å². The number of thiophene rings is 1. The van der Waals surface area contributed by atoms with Crippen molar-refractivity contribution in [3.8, 4) is 5.75 Å². The van der Waals surface area contributed by atoms with Crippen molar-refractivity contribution in [1.29, 1.82) is 0 Å². The van der Waals surface area contributed by atoms with Crippen molar-refractivity contribution in [2.75, 3.05) is 39.5 Å². The van der Waals surface area contributed by atoms with Crippen LogP contribution in [0.5, 0.6) is 5.75 Å². The highest BCUT2D eigenvalue weighted by atomic mass is 32.1. The Bertz CT molecular complexity index is 721. The number of ether oxygens (including phenoxy) is 2. The number of benzene rings is 1. The van der Waals surface area contributed by atoms with E-state index in [9.17, 15) is 9.90 Å². The molecule has 0 atom stereocenters. The molecular weight excluding hydrogens is 338 g/mol. The predicted molar refractivity (Wildman–Crippen MR) is 99.0 cm³/mol. The Morgan fingerprint density at radius 3 is 2.84 bits per heavy atom. The highest BCUT2D eigenvalue weighted by molar-refractivity contribution is 7.11. The smallest absolute Gasteiger partial charge is 0.337 e. The zero-order chi connectivity index (χ0) is 17.5. The fourth-order valence-electron chi connectivity index (χ4n) is 2.65. The highest BCUT2D eigenvalue weighted by Gasteiger charge is 2.12. The molecule has 132 valence electrons. The van der Waals surface area contributed by atoms with E-state index in [0.29, 0.717) is 12.2 Å². The molecular formula is C19H21NO4S. The first kappa shape index (κ1) is 17.7. The minimum atomic E-state index is -0.930. The van der Waals surface area contributed by atoms with Crippen LogP contribution >= 0.6 is 11.3 Å². The molecule has 1 N–H and O–H groups in total. The molecule has 1 saturated heterocycles. The molecule has 0 bridgehead atoms. The van der Waals surface area contributed by atoms with E-state index in [1.54, 1.807) is 6.08 Å². The van der Waals surface area contributed by atoms with Crippen LogP contribution in [0.3, 0.4) is 0 Å². The van der Waals surface area contributed by atoms with Crippen molar-refractivity contribution >= 4 is 29.0 Å². The van der Waals surface area contributed by atoms with Crippen molar-refractivity contribution in [3.05, 3.63) is 52.2 Å². The van der Waals surface area contributed by atoms with Gasteiger partial charge in [-0.25, -0.2) is 4.79 Å². The van der Waals surface area contributed by atoms with Crippen molar-refractivity contribution in [1.82, 2.24) is 4.90 Å². The maximum atomic E-state index is 11.5. The Labute approximate surface area is 151 Å². The van der Waals surface area contributed by atoms with Crippen LogP contribution in [-0.2, 0) is 9.53 Å². The normalized spacial score (nSPS) is 15.9. The van der Waals surface area contributed by atoms with Crippen LogP contribution in [-0.4, -0.2) is 55.4 Å². The summed E-state index contributed by atoms with van der Waals surface area (Å²) in [6.45, 7) is 4.90. The first-order chi connectivity index (χ1) is 12.2. The Hall–Kier alpha value is -2.15. The van der Waals surface area contributed by atoms with Gasteiger partial charge in [-0.05, 0) is 35.2 Å². The zero-order valence-electron chi connectivity index (χ0n) is 13.9. The SMILES string of the molecule is O=C(O)/C(=C\c1cccc(OCCN2CCOCC2)c1)c1cccs1. The number of hydrogen-bond donors (Lipinski definition) is 1. The van der Waals surface area contributed by atoms with Crippen LogP contribution < -0.4 is 4.74 Å². The molecule has 1 aliphatic heterocycles. The lowest BCUT2D eigenvalue weighted by atomic mass is 10.1. The molecule has 0 saturated carbocycles. The Morgan fingerprint density at radius 1 is 1.28 bits per heavy atom. The van der Waals surface area contributed by atoms with Crippen molar-refractivity contribution in [2.45, 2.75) is 0 Å². The number of rotatable bonds is 7. The van der Waals surface area contributed by atoms with Crippen LogP contribution in [0.15, 0.2) is 41.8 Å². The quantitative estimate of drug-likeness (QED) is 0.770. The van der Waals surface area contributed by atoms with Crippen LogP contribution in [0.4, 0.5) is 0 Å². The van der Waals surface area contributed by atoms with Gasteiger partial charge in [0.25, 0.3) is 0 Å². The second-order valence-corrected chi connectivity index (χ2v) is 6.66. The summed E-state index contributed by atoms with van der Waals surface area (Å²) in [5, 5.41) is 11.3. The summed E-state index contributed by atoms with van der Waals surface area (Å²) < 4.78 is 11.2. The second kappa shape index (κ2) is 8.80. The number of hydrogen-bond acceptors (Lipinski definition) is 5. The third-order valence-electron chi connectivity index (χ3n) is 3.97. The predicted octanol–water partition coefficient (Wildman–Crippen LogP) is 3.08. The zero-order valence-corrected chi connectivity index (χ0v) is 14.7. The molecule has 1 aliphatic rings. The van der Waals surface area contributed by atoms with Crippen LogP contribution in [0, 0.1) is 0 Å². The van der Waals surface area contributed by atoms with Gasteiger partial charge >= 0.3 is 5.97 Å². The molecule has 5 nitrogen and oxygen atoms in total. The lowest BCUT2D eigenvalue weighted by molar-refractivity contribution is -0.130. The standard InChI is InChI=1S/C19H21NO4S/c21-19(22)17(18-5-2-12-25-18)14-15-3-1-4-16(13-15)24-11-8-20-6-9-23-10-7-20/h1-5,12-14H,6-11H2,(H,21,22)/b17-14-. The molecule has 0 aliphatic carbocycles. The van der Waals surface area contributed by atoms with Gasteiger partial charge in [-0.15, -0.1) is 11.3 Å². The molecule has 6 heteroatoms. The molecule has 0 radical (unpaired) electrons. The van der Waals surface area contributed by atoms with Gasteiger partial charge in [0.2, 0.25) is 0 Å². The van der Waals surface area contributed by atoms with Crippen LogP contribution in [0.25, 0.3) is 11.6 Å². The Kier molecular flexibility index (Phi) is 6.22. The number of carbonyl (C=O) groups is 1. The lowest BCUT2D eigenvalue weighted by Crippen LogP contribution is -2.38. The maximum Gasteiger partial charge on any atom is 0.337 e. The van der Waals surface area contributed by atoms with E-state index in [-0.39, 0.29) is 0 Å². The molecule has 2 aromatic rings. The van der Waals surface area contributed by atoms with Crippen molar-refractivity contribution < 1.29 is 19.4 Å². The Balaban J connectivity index is 1.64. The lowest BCUT2D eigenvalue weighted by Gasteiger charge is -2.26. The van der Waals surface area contributed by atoms with Gasteiger partial charge in [0.1, 0.15) is 12.4 Å². The number of nitrogens with zero attached hydrogens (tertiary/aromatic N) is 1. The first-order valence-corrected chi connectivity index (χ1v) is 9.12. The molecule has 2 heterocycles. The van der Waals surface area contributed by atoms with E-state index in [1.165, 1.54) is 11.3 Å². The summed E-state index contributed by atoms with van der Waals surface area (Å²) >= 11 is 1.42. The number of carboxylic acids is 1. The van der Waals surface area contributed by atoms with Crippen molar-refractivity contribution in [3.63, 3.8) is 0 Å². The third-order valence-corrected chi connectivity index (χ3v) is 4.87. The highest BCUT2D eigenvalue weighted by Crippen LogP contribution is 2.24. The summed E-state index contributed by atoms with van der Waals surface area (Å²) in [5.41, 5.74) is 1.11. The summed E-state index contributed by atoms with van der Waals surface area (Å²) in [6.07, 6.45) is 1.68. The monoisotopic (exact) mass is 359 g/mol. The van der Waals surface area contributed by atoms with E-state index >= 15 is 0 Å². The van der Waals surface area contributed by atoms with Gasteiger partial charge in [0.15, 0.2) is 0 Å². The number of morpholine rings is 1. The van der Waals surface area contributed by atoms with Gasteiger partial charge in [-0.2, -0.15) is 0 Å². The number of carboxylic acid groups (broad SMARTS) is 1. The van der Waals surface area contributed by atoms with E-state index in [1.807, 2.05) is 41.8 Å². The molecule has 0 amide bonds. The first-order valence-electron chi connectivity index (χ1n) is 8.24. The minimum absolute atomic E-state index is 0.292. The molecule has 0 spiro atoms. The average molecular weight is 359 g/mol. The molecule has 3 rings (SSSR count). The largest absolute Gasteiger partial charge is 0.492 e. The van der Waals surface area contributed by atoms with E-state index < -0.39 is 5.97 Å². The summed E-state index contributed by atoms with van der Waals surface area (Å²) in [4.78, 5) is 14.6. The average Bonchev–Trinajstić information content (AvgIpc) is 3.15. The Morgan fingerprint density at radius 2 is 2.12 bits per heavy atom. The van der Waals surface area contributed by atoms with Gasteiger partial charge < -0.3 is 14.6 Å². The second-order valence-electron chi connectivity index (χ2n) is 5.72. The fourth-order valence-corrected chi connectivity index (χ4v) is 3.38. The summed E-state index contributed by atoms with van der Waals surface area (Å²) in [5.74, 6) is -0.181. The van der Waals surface area contributed by atoms with E-state index in [2.05, 4.69) is 4.90 Å². The maximum absolute atomic E-state index is 11.5. The number of aliphatic carboxylic acids is 1. The summed E-state index contributed by atoms with van der Waals surface area (Å²) in [7, 11) is 0. The van der Waals surface area contributed by atoms with Gasteiger partial charge in [-0.1, -0.05) is 18.2 Å². The molecule has 25 heavy (non-hydrogen) atoms. The van der Waals surface area contributed by atoms with Gasteiger partial charge in [0, 0.05) is 24.5 Å². The molecule has 0 unspecified atom stereocenters. The van der Waals surface area contributed by atoms with Gasteiger partial charge in [-0.3, -0.25) is 4.90 Å². The van der Waals surface area contributed by atoms with Crippen LogP contribution in [0.1, 0.15) is 10.4 Å². The van der Waals surface area contributed by atoms with Crippen molar-refractivity contribution in [2.24, 2.45) is 0 Å². The molecule has 1 aromatic carbocycles. The minimum Gasteiger partial charge on any atom is -0.492 e.